The Bertz CT molecular complexity index is 572. The molecule has 2 aliphatic rings. The summed E-state index contributed by atoms with van der Waals surface area (Å²) in [6.07, 6.45) is 5.79. The van der Waals surface area contributed by atoms with Crippen molar-refractivity contribution in [3.63, 3.8) is 0 Å². The molecule has 0 saturated heterocycles. The molecule has 1 aromatic heterocycles. The molecule has 2 amide bonds. The maximum absolute atomic E-state index is 12.2. The Morgan fingerprint density at radius 1 is 1.43 bits per heavy atom. The smallest absolute Gasteiger partial charge is 0.226 e. The summed E-state index contributed by atoms with van der Waals surface area (Å²) in [4.78, 5) is 23.8. The average molecular weight is 290 g/mol. The summed E-state index contributed by atoms with van der Waals surface area (Å²) in [5.74, 6) is 1.93. The van der Waals surface area contributed by atoms with E-state index < -0.39 is 0 Å². The first-order chi connectivity index (χ1) is 10.0. The van der Waals surface area contributed by atoms with Crippen molar-refractivity contribution in [1.82, 2.24) is 9.78 Å². The van der Waals surface area contributed by atoms with Gasteiger partial charge in [0.25, 0.3) is 0 Å². The van der Waals surface area contributed by atoms with Crippen LogP contribution >= 0.6 is 0 Å². The summed E-state index contributed by atoms with van der Waals surface area (Å²) >= 11 is 0. The Morgan fingerprint density at radius 3 is 2.86 bits per heavy atom. The summed E-state index contributed by atoms with van der Waals surface area (Å²) in [5, 5.41) is 10.1. The molecule has 6 nitrogen and oxygen atoms in total. The summed E-state index contributed by atoms with van der Waals surface area (Å²) < 4.78 is 1.63. The van der Waals surface area contributed by atoms with Crippen molar-refractivity contribution in [3.05, 3.63) is 5.56 Å². The van der Waals surface area contributed by atoms with Crippen LogP contribution in [0.4, 0.5) is 11.6 Å². The molecule has 1 aromatic rings. The number of carbonyl (C=O) groups excluding carboxylic acids is 2. The summed E-state index contributed by atoms with van der Waals surface area (Å²) in [6, 6.07) is 0. The number of fused-ring (bicyclic) bond motifs is 1. The third kappa shape index (κ3) is 2.80. The first kappa shape index (κ1) is 14.1. The van der Waals surface area contributed by atoms with Crippen LogP contribution in [0.3, 0.4) is 0 Å². The van der Waals surface area contributed by atoms with Crippen LogP contribution in [0.2, 0.25) is 0 Å². The fraction of sp³-hybridized carbons (Fsp3) is 0.667. The van der Waals surface area contributed by atoms with Gasteiger partial charge in [0.05, 0.1) is 0 Å². The number of anilines is 2. The second-order valence-corrected chi connectivity index (χ2v) is 6.29. The van der Waals surface area contributed by atoms with Gasteiger partial charge in [-0.3, -0.25) is 14.3 Å². The highest BCUT2D eigenvalue weighted by Crippen LogP contribution is 2.37. The number of hydrogen-bond donors (Lipinski definition) is 2. The van der Waals surface area contributed by atoms with Crippen molar-refractivity contribution in [3.8, 4) is 0 Å². The van der Waals surface area contributed by atoms with E-state index in [1.807, 2.05) is 6.92 Å². The molecular weight excluding hydrogens is 268 g/mol. The molecule has 114 valence electrons. The average Bonchev–Trinajstić information content (AvgIpc) is 2.99. The monoisotopic (exact) mass is 290 g/mol. The van der Waals surface area contributed by atoms with Crippen molar-refractivity contribution in [2.75, 3.05) is 10.6 Å². The highest BCUT2D eigenvalue weighted by atomic mass is 16.2. The molecule has 0 aromatic carbocycles. The Labute approximate surface area is 124 Å². The van der Waals surface area contributed by atoms with Gasteiger partial charge >= 0.3 is 0 Å². The van der Waals surface area contributed by atoms with E-state index in [1.165, 1.54) is 12.8 Å². The van der Waals surface area contributed by atoms with Gasteiger partial charge in [0.15, 0.2) is 5.82 Å². The minimum Gasteiger partial charge on any atom is -0.311 e. The molecule has 1 aliphatic carbocycles. The van der Waals surface area contributed by atoms with Crippen molar-refractivity contribution < 1.29 is 9.59 Å². The third-order valence-corrected chi connectivity index (χ3v) is 4.53. The van der Waals surface area contributed by atoms with Gasteiger partial charge in [-0.1, -0.05) is 19.8 Å². The fourth-order valence-corrected chi connectivity index (χ4v) is 3.47. The number of hydrogen-bond acceptors (Lipinski definition) is 3. The number of rotatable bonds is 3. The maximum atomic E-state index is 12.2. The number of aryl methyl sites for hydroxylation is 1. The Hall–Kier alpha value is -1.85. The van der Waals surface area contributed by atoms with Crippen molar-refractivity contribution in [2.45, 2.75) is 51.4 Å². The molecule has 3 rings (SSSR count). The van der Waals surface area contributed by atoms with E-state index in [-0.39, 0.29) is 17.7 Å². The maximum Gasteiger partial charge on any atom is 0.226 e. The zero-order valence-electron chi connectivity index (χ0n) is 12.6. The van der Waals surface area contributed by atoms with Crippen molar-refractivity contribution in [1.29, 1.82) is 0 Å². The molecule has 0 radical (unpaired) electrons. The van der Waals surface area contributed by atoms with Crippen molar-refractivity contribution in [2.24, 2.45) is 13.0 Å². The summed E-state index contributed by atoms with van der Waals surface area (Å²) in [7, 11) is 1.78. The molecule has 0 bridgehead atoms. The lowest BCUT2D eigenvalue weighted by Gasteiger charge is -2.20. The van der Waals surface area contributed by atoms with Gasteiger partial charge in [0, 0.05) is 25.5 Å². The lowest BCUT2D eigenvalue weighted by atomic mass is 9.95. The predicted molar refractivity (Wildman–Crippen MR) is 80.1 cm³/mol. The van der Waals surface area contributed by atoms with E-state index >= 15 is 0 Å². The van der Waals surface area contributed by atoms with E-state index in [4.69, 9.17) is 0 Å². The molecule has 6 heteroatoms. The topological polar surface area (TPSA) is 76.0 Å². The third-order valence-electron chi connectivity index (χ3n) is 4.53. The molecule has 1 fully saturated rings. The zero-order valence-corrected chi connectivity index (χ0v) is 12.6. The Balaban J connectivity index is 1.75. The van der Waals surface area contributed by atoms with Gasteiger partial charge in [0.2, 0.25) is 11.8 Å². The van der Waals surface area contributed by atoms with E-state index in [1.54, 1.807) is 11.7 Å². The quantitative estimate of drug-likeness (QED) is 0.897. The minimum absolute atomic E-state index is 0.00170. The number of aromatic nitrogens is 2. The number of nitrogens with one attached hydrogen (secondary N) is 2. The number of nitrogens with zero attached hydrogens (tertiary/aromatic N) is 2. The van der Waals surface area contributed by atoms with Crippen LogP contribution in [0.15, 0.2) is 0 Å². The van der Waals surface area contributed by atoms with Crippen LogP contribution in [-0.2, 0) is 16.6 Å². The van der Waals surface area contributed by atoms with Crippen LogP contribution < -0.4 is 10.6 Å². The Morgan fingerprint density at radius 2 is 2.14 bits per heavy atom. The first-order valence-electron chi connectivity index (χ1n) is 7.71. The van der Waals surface area contributed by atoms with Crippen LogP contribution in [-0.4, -0.2) is 21.6 Å². The molecule has 1 aliphatic heterocycles. The number of carbonyl (C=O) groups is 2. The molecule has 2 heterocycles. The molecule has 0 spiro atoms. The lowest BCUT2D eigenvalue weighted by Crippen LogP contribution is -2.23. The zero-order chi connectivity index (χ0) is 15.0. The van der Waals surface area contributed by atoms with Gasteiger partial charge in [-0.15, -0.1) is 0 Å². The summed E-state index contributed by atoms with van der Waals surface area (Å²) in [6.45, 7) is 1.99. The highest BCUT2D eigenvalue weighted by Gasteiger charge is 2.30. The number of amides is 2. The van der Waals surface area contributed by atoms with E-state index in [2.05, 4.69) is 15.7 Å². The summed E-state index contributed by atoms with van der Waals surface area (Å²) in [5.41, 5.74) is 0.942. The molecule has 21 heavy (non-hydrogen) atoms. The second kappa shape index (κ2) is 5.50. The van der Waals surface area contributed by atoms with Gasteiger partial charge < -0.3 is 10.6 Å². The van der Waals surface area contributed by atoms with E-state index in [9.17, 15) is 9.59 Å². The standard InChI is InChI=1S/C15H22N4O2/c1-9-7-11(20)17-15-13(9)14(18-19(15)2)16-12(21)8-10-5-3-4-6-10/h9-10H,3-8H2,1-2H3,(H,17,20)(H,16,18,21). The van der Waals surface area contributed by atoms with Crippen LogP contribution in [0.1, 0.15) is 56.9 Å². The lowest BCUT2D eigenvalue weighted by molar-refractivity contribution is -0.117. The molecule has 1 saturated carbocycles. The molecule has 1 unspecified atom stereocenters. The molecule has 2 N–H and O–H groups in total. The molecule has 1 atom stereocenters. The van der Waals surface area contributed by atoms with Gasteiger partial charge in [-0.25, -0.2) is 0 Å². The van der Waals surface area contributed by atoms with Crippen LogP contribution in [0.25, 0.3) is 0 Å². The SMILES string of the molecule is CC1CC(=O)Nc2c1c(NC(=O)CC1CCCC1)nn2C. The molecular formula is C15H22N4O2. The second-order valence-electron chi connectivity index (χ2n) is 6.29. The fourth-order valence-electron chi connectivity index (χ4n) is 3.47. The first-order valence-corrected chi connectivity index (χ1v) is 7.71. The van der Waals surface area contributed by atoms with Gasteiger partial charge in [0.1, 0.15) is 5.82 Å². The predicted octanol–water partition coefficient (Wildman–Crippen LogP) is 2.38. The minimum atomic E-state index is 0.00170. The van der Waals surface area contributed by atoms with E-state index in [0.29, 0.717) is 30.4 Å². The Kier molecular flexibility index (Phi) is 3.69. The van der Waals surface area contributed by atoms with Crippen LogP contribution in [0.5, 0.6) is 0 Å². The normalized spacial score (nSPS) is 22.0. The van der Waals surface area contributed by atoms with Gasteiger partial charge in [-0.05, 0) is 24.7 Å². The van der Waals surface area contributed by atoms with E-state index in [0.717, 1.165) is 18.4 Å². The van der Waals surface area contributed by atoms with Crippen molar-refractivity contribution >= 4 is 23.5 Å². The van der Waals surface area contributed by atoms with Gasteiger partial charge in [-0.2, -0.15) is 5.10 Å². The highest BCUT2D eigenvalue weighted by molar-refractivity contribution is 5.97. The largest absolute Gasteiger partial charge is 0.311 e. The van der Waals surface area contributed by atoms with Crippen LogP contribution in [0, 0.1) is 5.92 Å².